The lowest BCUT2D eigenvalue weighted by atomic mass is 9.77. The third kappa shape index (κ3) is 1.84. The van der Waals surface area contributed by atoms with Crippen LogP contribution in [0.4, 0.5) is 0 Å². The summed E-state index contributed by atoms with van der Waals surface area (Å²) in [5.74, 6) is 0.286. The quantitative estimate of drug-likeness (QED) is 0.839. The monoisotopic (exact) mass is 231 g/mol. The summed E-state index contributed by atoms with van der Waals surface area (Å²) in [5.41, 5.74) is 1.14. The molecule has 17 heavy (non-hydrogen) atoms. The highest BCUT2D eigenvalue weighted by Gasteiger charge is 2.45. The van der Waals surface area contributed by atoms with E-state index in [1.54, 1.807) is 0 Å². The van der Waals surface area contributed by atoms with Gasteiger partial charge in [-0.05, 0) is 24.8 Å². The molecule has 3 aliphatic rings. The first-order valence-electron chi connectivity index (χ1n) is 6.28. The predicted octanol–water partition coefficient (Wildman–Crippen LogP) is 1.56. The summed E-state index contributed by atoms with van der Waals surface area (Å²) in [6.45, 7) is 0.637. The normalized spacial score (nSPS) is 31.9. The smallest absolute Gasteiger partial charge is 0.226 e. The molecule has 1 N–H and O–H groups in total. The number of piperidine rings is 2. The van der Waals surface area contributed by atoms with Crippen LogP contribution in [-0.4, -0.2) is 28.1 Å². The van der Waals surface area contributed by atoms with Crippen molar-refractivity contribution in [2.45, 2.75) is 38.0 Å². The number of aliphatic hydroxyl groups excluding tert-OH is 1. The molecule has 0 spiro atoms. The summed E-state index contributed by atoms with van der Waals surface area (Å²) in [6.07, 6.45) is 2.24. The molecule has 1 aromatic carbocycles. The van der Waals surface area contributed by atoms with Gasteiger partial charge in [0.15, 0.2) is 0 Å². The van der Waals surface area contributed by atoms with Gasteiger partial charge in [-0.15, -0.1) is 0 Å². The van der Waals surface area contributed by atoms with Crippen LogP contribution in [0.15, 0.2) is 30.3 Å². The lowest BCUT2D eigenvalue weighted by molar-refractivity contribution is -0.157. The lowest BCUT2D eigenvalue weighted by Gasteiger charge is -2.47. The zero-order valence-electron chi connectivity index (χ0n) is 9.75. The van der Waals surface area contributed by atoms with Crippen molar-refractivity contribution in [3.63, 3.8) is 0 Å². The molecule has 1 aromatic rings. The molecular weight excluding hydrogens is 214 g/mol. The van der Waals surface area contributed by atoms with Crippen LogP contribution < -0.4 is 0 Å². The molecule has 3 atom stereocenters. The minimum Gasteiger partial charge on any atom is -0.391 e. The molecule has 2 heterocycles. The molecule has 1 saturated carbocycles. The third-order valence-corrected chi connectivity index (χ3v) is 4.01. The van der Waals surface area contributed by atoms with E-state index in [2.05, 4.69) is 0 Å². The highest BCUT2D eigenvalue weighted by molar-refractivity contribution is 5.81. The average Bonchev–Trinajstić information content (AvgIpc) is 2.35. The Kier molecular flexibility index (Phi) is 2.63. The maximum atomic E-state index is 12.2. The molecule has 0 unspecified atom stereocenters. The SMILES string of the molecule is O=C1[C@H]2CC[C@@H]([C@H](O)C2)N1Cc1ccccc1. The van der Waals surface area contributed by atoms with Gasteiger partial charge in [-0.2, -0.15) is 0 Å². The van der Waals surface area contributed by atoms with Crippen LogP contribution in [0.25, 0.3) is 0 Å². The predicted molar refractivity (Wildman–Crippen MR) is 64.1 cm³/mol. The van der Waals surface area contributed by atoms with E-state index in [0.717, 1.165) is 18.4 Å². The largest absolute Gasteiger partial charge is 0.391 e. The van der Waals surface area contributed by atoms with Gasteiger partial charge in [-0.25, -0.2) is 0 Å². The van der Waals surface area contributed by atoms with E-state index >= 15 is 0 Å². The molecule has 3 nitrogen and oxygen atoms in total. The summed E-state index contributed by atoms with van der Waals surface area (Å²) in [4.78, 5) is 14.0. The molecule has 0 radical (unpaired) electrons. The Morgan fingerprint density at radius 1 is 1.24 bits per heavy atom. The van der Waals surface area contributed by atoms with E-state index in [1.165, 1.54) is 0 Å². The molecule has 1 amide bonds. The summed E-state index contributed by atoms with van der Waals surface area (Å²) in [6, 6.07) is 10.0. The Balaban J connectivity index is 1.81. The summed E-state index contributed by atoms with van der Waals surface area (Å²) in [5, 5.41) is 9.97. The van der Waals surface area contributed by atoms with Gasteiger partial charge in [0.2, 0.25) is 5.91 Å². The van der Waals surface area contributed by atoms with Crippen molar-refractivity contribution in [1.82, 2.24) is 4.90 Å². The van der Waals surface area contributed by atoms with E-state index in [1.807, 2.05) is 35.2 Å². The van der Waals surface area contributed by atoms with Crippen LogP contribution >= 0.6 is 0 Å². The van der Waals surface area contributed by atoms with Crippen LogP contribution in [0.5, 0.6) is 0 Å². The molecule has 3 fully saturated rings. The number of hydrogen-bond donors (Lipinski definition) is 1. The van der Waals surface area contributed by atoms with Gasteiger partial charge in [0, 0.05) is 12.5 Å². The molecule has 3 heteroatoms. The molecule has 0 aromatic heterocycles. The first-order chi connectivity index (χ1) is 8.25. The van der Waals surface area contributed by atoms with E-state index < -0.39 is 0 Å². The van der Waals surface area contributed by atoms with E-state index in [9.17, 15) is 9.90 Å². The fourth-order valence-corrected chi connectivity index (χ4v) is 3.09. The number of fused-ring (bicyclic) bond motifs is 3. The third-order valence-electron chi connectivity index (χ3n) is 4.01. The second kappa shape index (κ2) is 4.15. The van der Waals surface area contributed by atoms with Crippen molar-refractivity contribution in [2.75, 3.05) is 0 Å². The standard InChI is InChI=1S/C14H17NO2/c16-13-8-11-6-7-12(13)15(14(11)17)9-10-4-2-1-3-5-10/h1-5,11-13,16H,6-9H2/t11-,12-,13+/m0/s1. The van der Waals surface area contributed by atoms with Crippen molar-refractivity contribution in [3.8, 4) is 0 Å². The maximum absolute atomic E-state index is 12.2. The van der Waals surface area contributed by atoms with Gasteiger partial charge in [0.1, 0.15) is 0 Å². The van der Waals surface area contributed by atoms with E-state index in [0.29, 0.717) is 13.0 Å². The fourth-order valence-electron chi connectivity index (χ4n) is 3.09. The number of amides is 1. The summed E-state index contributed by atoms with van der Waals surface area (Å²) < 4.78 is 0. The lowest BCUT2D eigenvalue weighted by Crippen LogP contribution is -2.58. The molecule has 1 aliphatic carbocycles. The molecule has 2 saturated heterocycles. The van der Waals surface area contributed by atoms with Gasteiger partial charge in [0.25, 0.3) is 0 Å². The van der Waals surface area contributed by atoms with Gasteiger partial charge < -0.3 is 10.0 Å². The Bertz CT molecular complexity index is 417. The number of benzene rings is 1. The first kappa shape index (κ1) is 10.8. The first-order valence-corrected chi connectivity index (χ1v) is 6.28. The Labute approximate surface area is 101 Å². The number of carbonyl (C=O) groups excluding carboxylic acids is 1. The van der Waals surface area contributed by atoms with Crippen LogP contribution in [-0.2, 0) is 11.3 Å². The molecule has 90 valence electrons. The zero-order valence-corrected chi connectivity index (χ0v) is 9.75. The fraction of sp³-hybridized carbons (Fsp3) is 0.500. The van der Waals surface area contributed by atoms with Crippen LogP contribution in [0.3, 0.4) is 0 Å². The van der Waals surface area contributed by atoms with Gasteiger partial charge in [-0.1, -0.05) is 30.3 Å². The van der Waals surface area contributed by atoms with Crippen molar-refractivity contribution in [3.05, 3.63) is 35.9 Å². The average molecular weight is 231 g/mol. The topological polar surface area (TPSA) is 40.5 Å². The molecule has 2 bridgehead atoms. The second-order valence-corrected chi connectivity index (χ2v) is 5.10. The summed E-state index contributed by atoms with van der Waals surface area (Å²) in [7, 11) is 0. The van der Waals surface area contributed by atoms with Gasteiger partial charge in [-0.3, -0.25) is 4.79 Å². The Hall–Kier alpha value is -1.35. The number of nitrogens with zero attached hydrogens (tertiary/aromatic N) is 1. The molecule has 4 rings (SSSR count). The minimum atomic E-state index is -0.324. The number of rotatable bonds is 2. The van der Waals surface area contributed by atoms with Crippen LogP contribution in [0.1, 0.15) is 24.8 Å². The minimum absolute atomic E-state index is 0.0349. The van der Waals surface area contributed by atoms with E-state index in [4.69, 9.17) is 0 Å². The van der Waals surface area contributed by atoms with Crippen molar-refractivity contribution < 1.29 is 9.90 Å². The van der Waals surface area contributed by atoms with Gasteiger partial charge in [0.05, 0.1) is 12.1 Å². The van der Waals surface area contributed by atoms with Crippen molar-refractivity contribution >= 4 is 5.91 Å². The maximum Gasteiger partial charge on any atom is 0.226 e. The highest BCUT2D eigenvalue weighted by atomic mass is 16.3. The number of aliphatic hydroxyl groups is 1. The molecule has 2 aliphatic heterocycles. The number of carbonyl (C=O) groups is 1. The van der Waals surface area contributed by atoms with Gasteiger partial charge >= 0.3 is 0 Å². The van der Waals surface area contributed by atoms with Crippen molar-refractivity contribution in [2.24, 2.45) is 5.92 Å². The second-order valence-electron chi connectivity index (χ2n) is 5.10. The Morgan fingerprint density at radius 2 is 2.00 bits per heavy atom. The van der Waals surface area contributed by atoms with Crippen LogP contribution in [0, 0.1) is 5.92 Å². The zero-order chi connectivity index (χ0) is 11.8. The summed E-state index contributed by atoms with van der Waals surface area (Å²) >= 11 is 0. The van der Waals surface area contributed by atoms with Crippen LogP contribution in [0.2, 0.25) is 0 Å². The van der Waals surface area contributed by atoms with Crippen molar-refractivity contribution in [1.29, 1.82) is 0 Å². The molecular formula is C14H17NO2. The Morgan fingerprint density at radius 3 is 2.71 bits per heavy atom. The van der Waals surface area contributed by atoms with E-state index in [-0.39, 0.29) is 24.0 Å². The number of hydrogen-bond acceptors (Lipinski definition) is 2. The highest BCUT2D eigenvalue weighted by Crippen LogP contribution is 2.36.